The molecule has 108 valence electrons. The van der Waals surface area contributed by atoms with Gasteiger partial charge in [0.2, 0.25) is 0 Å². The predicted molar refractivity (Wildman–Crippen MR) is 89.6 cm³/mol. The summed E-state index contributed by atoms with van der Waals surface area (Å²) in [5.74, 6) is 2.91. The molecule has 6 heteroatoms. The lowest BCUT2D eigenvalue weighted by Crippen LogP contribution is -2.08. The van der Waals surface area contributed by atoms with Crippen LogP contribution in [0.1, 0.15) is 37.4 Å². The van der Waals surface area contributed by atoms with E-state index in [1.165, 1.54) is 4.88 Å². The van der Waals surface area contributed by atoms with E-state index < -0.39 is 0 Å². The van der Waals surface area contributed by atoms with Crippen molar-refractivity contribution in [3.63, 3.8) is 0 Å². The molecule has 0 aliphatic carbocycles. The second-order valence-electron chi connectivity index (χ2n) is 4.74. The van der Waals surface area contributed by atoms with Gasteiger partial charge in [-0.05, 0) is 35.0 Å². The number of rotatable bonds is 6. The average Bonchev–Trinajstić information content (AvgIpc) is 2.82. The Kier molecular flexibility index (Phi) is 5.37. The molecule has 0 radical (unpaired) electrons. The molecule has 0 aromatic carbocycles. The van der Waals surface area contributed by atoms with E-state index in [0.717, 1.165) is 34.3 Å². The predicted octanol–water partition coefficient (Wildman–Crippen LogP) is 4.47. The molecule has 2 aromatic heterocycles. The lowest BCUT2D eigenvalue weighted by atomic mass is 10.2. The molecule has 2 rings (SSSR count). The van der Waals surface area contributed by atoms with E-state index in [9.17, 15) is 0 Å². The lowest BCUT2D eigenvalue weighted by Gasteiger charge is -2.11. The number of nitrogens with one attached hydrogen (secondary N) is 2. The van der Waals surface area contributed by atoms with Crippen molar-refractivity contribution < 1.29 is 0 Å². The van der Waals surface area contributed by atoms with Crippen molar-refractivity contribution in [2.24, 2.45) is 0 Å². The van der Waals surface area contributed by atoms with Crippen molar-refractivity contribution >= 4 is 38.9 Å². The lowest BCUT2D eigenvalue weighted by molar-refractivity contribution is 0.775. The highest BCUT2D eigenvalue weighted by molar-refractivity contribution is 9.11. The zero-order chi connectivity index (χ0) is 14.5. The number of thiophene rings is 1. The minimum absolute atomic E-state index is 0.310. The first-order valence-corrected chi connectivity index (χ1v) is 8.30. The van der Waals surface area contributed by atoms with E-state index in [2.05, 4.69) is 69.4 Å². The molecule has 0 fully saturated rings. The molecule has 0 unspecified atom stereocenters. The van der Waals surface area contributed by atoms with Gasteiger partial charge in [0.25, 0.3) is 0 Å². The molecule has 0 saturated carbocycles. The van der Waals surface area contributed by atoms with E-state index in [0.29, 0.717) is 5.92 Å². The Bertz CT molecular complexity index is 568. The first-order valence-electron chi connectivity index (χ1n) is 6.69. The molecule has 20 heavy (non-hydrogen) atoms. The second-order valence-corrected chi connectivity index (χ2v) is 7.29. The van der Waals surface area contributed by atoms with E-state index in [1.54, 1.807) is 11.3 Å². The van der Waals surface area contributed by atoms with Gasteiger partial charge in [0.1, 0.15) is 17.5 Å². The Hall–Kier alpha value is -1.14. The molecule has 0 saturated heterocycles. The van der Waals surface area contributed by atoms with E-state index in [-0.39, 0.29) is 0 Å². The van der Waals surface area contributed by atoms with Crippen molar-refractivity contribution in [3.8, 4) is 0 Å². The van der Waals surface area contributed by atoms with E-state index in [4.69, 9.17) is 0 Å². The van der Waals surface area contributed by atoms with Crippen LogP contribution in [0.4, 0.5) is 11.6 Å². The third-order valence-corrected chi connectivity index (χ3v) is 4.31. The van der Waals surface area contributed by atoms with Crippen molar-refractivity contribution in [3.05, 3.63) is 32.7 Å². The summed E-state index contributed by atoms with van der Waals surface area (Å²) < 4.78 is 1.15. The third kappa shape index (κ3) is 4.18. The van der Waals surface area contributed by atoms with Crippen LogP contribution in [-0.2, 0) is 6.54 Å². The fourth-order valence-electron chi connectivity index (χ4n) is 1.71. The highest BCUT2D eigenvalue weighted by Crippen LogP contribution is 2.23. The first-order chi connectivity index (χ1) is 9.58. The summed E-state index contributed by atoms with van der Waals surface area (Å²) in [6, 6.07) is 6.13. The number of halogens is 1. The molecule has 0 aliphatic rings. The zero-order valence-electron chi connectivity index (χ0n) is 11.9. The maximum absolute atomic E-state index is 4.57. The highest BCUT2D eigenvalue weighted by atomic mass is 79.9. The normalized spacial score (nSPS) is 10.8. The van der Waals surface area contributed by atoms with Crippen LogP contribution in [0.2, 0.25) is 0 Å². The van der Waals surface area contributed by atoms with Crippen LogP contribution in [0.25, 0.3) is 0 Å². The fourth-order valence-corrected chi connectivity index (χ4v) is 3.13. The molecule has 2 heterocycles. The van der Waals surface area contributed by atoms with Gasteiger partial charge in [0.05, 0.1) is 10.3 Å². The molecule has 0 atom stereocenters. The Morgan fingerprint density at radius 3 is 2.45 bits per heavy atom. The van der Waals surface area contributed by atoms with Gasteiger partial charge in [-0.25, -0.2) is 9.97 Å². The topological polar surface area (TPSA) is 49.8 Å². The number of nitrogens with zero attached hydrogens (tertiary/aromatic N) is 2. The van der Waals surface area contributed by atoms with Crippen LogP contribution in [0.15, 0.2) is 22.0 Å². The molecular weight excluding hydrogens is 336 g/mol. The second kappa shape index (κ2) is 7.04. The Morgan fingerprint density at radius 2 is 1.90 bits per heavy atom. The number of hydrogen-bond acceptors (Lipinski definition) is 5. The van der Waals surface area contributed by atoms with Crippen LogP contribution < -0.4 is 10.6 Å². The zero-order valence-corrected chi connectivity index (χ0v) is 14.3. The number of hydrogen-bond donors (Lipinski definition) is 2. The molecule has 0 amide bonds. The minimum Gasteiger partial charge on any atom is -0.370 e. The number of aromatic nitrogens is 2. The van der Waals surface area contributed by atoms with Gasteiger partial charge in [0, 0.05) is 23.4 Å². The summed E-state index contributed by atoms with van der Waals surface area (Å²) in [4.78, 5) is 10.4. The summed E-state index contributed by atoms with van der Waals surface area (Å²) in [5.41, 5.74) is 0. The quantitative estimate of drug-likeness (QED) is 0.803. The molecule has 0 aliphatic heterocycles. The van der Waals surface area contributed by atoms with Gasteiger partial charge in [-0.2, -0.15) is 0 Å². The maximum Gasteiger partial charge on any atom is 0.135 e. The first kappa shape index (κ1) is 15.3. The number of anilines is 2. The standard InChI is InChI=1S/C14H19BrN4S/c1-4-16-12-7-13(19-14(18-12)9(2)3)17-8-10-5-6-11(15)20-10/h5-7,9H,4,8H2,1-3H3,(H2,16,17,18,19). The average molecular weight is 355 g/mol. The van der Waals surface area contributed by atoms with Crippen LogP contribution in [-0.4, -0.2) is 16.5 Å². The maximum atomic E-state index is 4.57. The molecular formula is C14H19BrN4S. The van der Waals surface area contributed by atoms with Crippen LogP contribution in [0, 0.1) is 0 Å². The van der Waals surface area contributed by atoms with E-state index >= 15 is 0 Å². The summed E-state index contributed by atoms with van der Waals surface area (Å²) >= 11 is 5.20. The fraction of sp³-hybridized carbons (Fsp3) is 0.429. The van der Waals surface area contributed by atoms with Gasteiger partial charge in [-0.1, -0.05) is 13.8 Å². The van der Waals surface area contributed by atoms with Crippen molar-refractivity contribution in [1.82, 2.24) is 9.97 Å². The Balaban J connectivity index is 2.13. The van der Waals surface area contributed by atoms with Gasteiger partial charge in [-0.15, -0.1) is 11.3 Å². The molecule has 2 aromatic rings. The summed E-state index contributed by atoms with van der Waals surface area (Å²) in [6.45, 7) is 7.89. The van der Waals surface area contributed by atoms with Crippen LogP contribution >= 0.6 is 27.3 Å². The largest absolute Gasteiger partial charge is 0.370 e. The van der Waals surface area contributed by atoms with E-state index in [1.807, 2.05) is 6.07 Å². The molecule has 4 nitrogen and oxygen atoms in total. The molecule has 0 bridgehead atoms. The highest BCUT2D eigenvalue weighted by Gasteiger charge is 2.08. The SMILES string of the molecule is CCNc1cc(NCc2ccc(Br)s2)nc(C(C)C)n1. The van der Waals surface area contributed by atoms with Crippen molar-refractivity contribution in [1.29, 1.82) is 0 Å². The summed E-state index contributed by atoms with van der Waals surface area (Å²) in [6.07, 6.45) is 0. The summed E-state index contributed by atoms with van der Waals surface area (Å²) in [7, 11) is 0. The van der Waals surface area contributed by atoms with Gasteiger partial charge >= 0.3 is 0 Å². The summed E-state index contributed by atoms with van der Waals surface area (Å²) in [5, 5.41) is 6.62. The minimum atomic E-state index is 0.310. The van der Waals surface area contributed by atoms with Crippen LogP contribution in [0.5, 0.6) is 0 Å². The van der Waals surface area contributed by atoms with Crippen molar-refractivity contribution in [2.75, 3.05) is 17.2 Å². The monoisotopic (exact) mass is 354 g/mol. The molecule has 2 N–H and O–H groups in total. The smallest absolute Gasteiger partial charge is 0.135 e. The van der Waals surface area contributed by atoms with Gasteiger partial charge in [0.15, 0.2) is 0 Å². The molecule has 0 spiro atoms. The van der Waals surface area contributed by atoms with Gasteiger partial charge in [-0.3, -0.25) is 0 Å². The van der Waals surface area contributed by atoms with Crippen molar-refractivity contribution in [2.45, 2.75) is 33.2 Å². The third-order valence-electron chi connectivity index (χ3n) is 2.69. The Labute approximate surface area is 132 Å². The Morgan fingerprint density at radius 1 is 1.20 bits per heavy atom. The van der Waals surface area contributed by atoms with Crippen LogP contribution in [0.3, 0.4) is 0 Å². The van der Waals surface area contributed by atoms with Gasteiger partial charge < -0.3 is 10.6 Å².